The second kappa shape index (κ2) is 5.94. The number of hydrogen-bond donors (Lipinski definition) is 1. The highest BCUT2D eigenvalue weighted by atomic mass is 16.6. The number of nitro groups is 1. The van der Waals surface area contributed by atoms with Crippen molar-refractivity contribution in [2.45, 2.75) is 19.4 Å². The predicted molar refractivity (Wildman–Crippen MR) is 69.3 cm³/mol. The maximum Gasteiger partial charge on any atom is 0.311 e. The Balaban J connectivity index is 2.35. The van der Waals surface area contributed by atoms with Crippen LogP contribution in [0.15, 0.2) is 12.3 Å². The zero-order valence-corrected chi connectivity index (χ0v) is 10.8. The minimum Gasteiger partial charge on any atom is -0.396 e. The molecule has 1 aliphatic rings. The molecule has 0 spiro atoms. The van der Waals surface area contributed by atoms with Gasteiger partial charge in [0, 0.05) is 25.4 Å². The number of aromatic nitrogens is 1. The van der Waals surface area contributed by atoms with Crippen LogP contribution in [0.5, 0.6) is 0 Å². The van der Waals surface area contributed by atoms with Crippen LogP contribution in [0.3, 0.4) is 0 Å². The van der Waals surface area contributed by atoms with Crippen LogP contribution in [0.4, 0.5) is 11.5 Å². The molecule has 1 aliphatic heterocycles. The molecule has 0 aliphatic carbocycles. The lowest BCUT2D eigenvalue weighted by Crippen LogP contribution is -2.46. The summed E-state index contributed by atoms with van der Waals surface area (Å²) >= 11 is 0. The molecule has 0 radical (unpaired) electrons. The molecule has 7 heteroatoms. The maximum atomic E-state index is 11.1. The van der Waals surface area contributed by atoms with Crippen molar-refractivity contribution in [2.24, 2.45) is 0 Å². The average molecular weight is 267 g/mol. The fourth-order valence-electron chi connectivity index (χ4n) is 2.22. The third-order valence-electron chi connectivity index (χ3n) is 3.14. The molecular weight excluding hydrogens is 250 g/mol. The summed E-state index contributed by atoms with van der Waals surface area (Å²) in [6, 6.07) is 1.45. The number of hydrogen-bond acceptors (Lipinski definition) is 6. The first-order valence-electron chi connectivity index (χ1n) is 6.19. The number of nitrogens with zero attached hydrogens (tertiary/aromatic N) is 3. The fraction of sp³-hybridized carbons (Fsp3) is 0.583. The Hall–Kier alpha value is -1.73. The fourth-order valence-corrected chi connectivity index (χ4v) is 2.22. The van der Waals surface area contributed by atoms with Gasteiger partial charge in [0.2, 0.25) is 5.82 Å². The molecule has 1 unspecified atom stereocenters. The van der Waals surface area contributed by atoms with Gasteiger partial charge in [-0.15, -0.1) is 0 Å². The Bertz CT molecular complexity index is 464. The van der Waals surface area contributed by atoms with Crippen molar-refractivity contribution >= 4 is 11.5 Å². The number of morpholine rings is 1. The molecule has 2 rings (SSSR count). The summed E-state index contributed by atoms with van der Waals surface area (Å²) in [6.07, 6.45) is 2.13. The van der Waals surface area contributed by atoms with E-state index in [9.17, 15) is 10.1 Å². The number of ether oxygens (including phenoxy) is 1. The van der Waals surface area contributed by atoms with Gasteiger partial charge in [0.05, 0.1) is 24.2 Å². The summed E-state index contributed by atoms with van der Waals surface area (Å²) in [7, 11) is 0. The molecule has 1 N–H and O–H groups in total. The van der Waals surface area contributed by atoms with Crippen LogP contribution >= 0.6 is 0 Å². The number of aliphatic hydroxyl groups excluding tert-OH is 1. The van der Waals surface area contributed by atoms with E-state index in [0.717, 1.165) is 5.56 Å². The van der Waals surface area contributed by atoms with Crippen molar-refractivity contribution < 1.29 is 14.8 Å². The van der Waals surface area contributed by atoms with Gasteiger partial charge < -0.3 is 14.7 Å². The Kier molecular flexibility index (Phi) is 4.28. The van der Waals surface area contributed by atoms with E-state index in [1.54, 1.807) is 13.1 Å². The zero-order valence-electron chi connectivity index (χ0n) is 10.8. The van der Waals surface area contributed by atoms with Crippen molar-refractivity contribution in [3.63, 3.8) is 0 Å². The molecule has 1 atom stereocenters. The van der Waals surface area contributed by atoms with Crippen molar-refractivity contribution in [1.29, 1.82) is 0 Å². The molecule has 2 heterocycles. The molecule has 0 amide bonds. The van der Waals surface area contributed by atoms with Crippen LogP contribution in [-0.4, -0.2) is 47.4 Å². The van der Waals surface area contributed by atoms with Gasteiger partial charge in [-0.3, -0.25) is 10.1 Å². The second-order valence-corrected chi connectivity index (χ2v) is 4.55. The van der Waals surface area contributed by atoms with Crippen LogP contribution in [0.25, 0.3) is 0 Å². The molecule has 0 aromatic carbocycles. The molecule has 1 aromatic heterocycles. The summed E-state index contributed by atoms with van der Waals surface area (Å²) in [5.74, 6) is 0.359. The minimum atomic E-state index is -0.416. The summed E-state index contributed by atoms with van der Waals surface area (Å²) in [5.41, 5.74) is 0.757. The molecule has 19 heavy (non-hydrogen) atoms. The van der Waals surface area contributed by atoms with E-state index in [1.807, 2.05) is 4.90 Å². The van der Waals surface area contributed by atoms with Crippen molar-refractivity contribution in [3.8, 4) is 0 Å². The average Bonchev–Trinajstić information content (AvgIpc) is 2.40. The minimum absolute atomic E-state index is 0.00448. The van der Waals surface area contributed by atoms with E-state index in [4.69, 9.17) is 9.84 Å². The van der Waals surface area contributed by atoms with Gasteiger partial charge in [-0.2, -0.15) is 0 Å². The molecule has 1 aromatic rings. The molecule has 1 saturated heterocycles. The lowest BCUT2D eigenvalue weighted by atomic mass is 10.1. The topological polar surface area (TPSA) is 88.7 Å². The Labute approximate surface area is 111 Å². The van der Waals surface area contributed by atoms with E-state index in [1.165, 1.54) is 6.07 Å². The van der Waals surface area contributed by atoms with Crippen molar-refractivity contribution in [1.82, 2.24) is 4.98 Å². The highest BCUT2D eigenvalue weighted by Gasteiger charge is 2.29. The van der Waals surface area contributed by atoms with Crippen LogP contribution in [0.2, 0.25) is 0 Å². The number of aliphatic hydroxyl groups is 1. The highest BCUT2D eigenvalue weighted by molar-refractivity contribution is 5.59. The highest BCUT2D eigenvalue weighted by Crippen LogP contribution is 2.29. The number of pyridine rings is 1. The Morgan fingerprint density at radius 2 is 2.47 bits per heavy atom. The van der Waals surface area contributed by atoms with Gasteiger partial charge in [-0.25, -0.2) is 4.98 Å². The molecule has 0 bridgehead atoms. The summed E-state index contributed by atoms with van der Waals surface area (Å²) < 4.78 is 5.36. The van der Waals surface area contributed by atoms with Crippen LogP contribution in [0.1, 0.15) is 12.0 Å². The third kappa shape index (κ3) is 2.99. The lowest BCUT2D eigenvalue weighted by molar-refractivity contribution is -0.384. The van der Waals surface area contributed by atoms with Gasteiger partial charge >= 0.3 is 5.69 Å². The first-order valence-corrected chi connectivity index (χ1v) is 6.19. The van der Waals surface area contributed by atoms with Crippen molar-refractivity contribution in [3.05, 3.63) is 27.9 Å². The Morgan fingerprint density at radius 3 is 3.16 bits per heavy atom. The van der Waals surface area contributed by atoms with Crippen molar-refractivity contribution in [2.75, 3.05) is 31.3 Å². The third-order valence-corrected chi connectivity index (χ3v) is 3.14. The predicted octanol–water partition coefficient (Wildman–Crippen LogP) is 0.886. The summed E-state index contributed by atoms with van der Waals surface area (Å²) in [4.78, 5) is 16.8. The van der Waals surface area contributed by atoms with E-state index in [2.05, 4.69) is 4.98 Å². The van der Waals surface area contributed by atoms with Gasteiger partial charge in [-0.05, 0) is 18.9 Å². The zero-order chi connectivity index (χ0) is 13.8. The number of aryl methyl sites for hydroxylation is 1. The Morgan fingerprint density at radius 1 is 1.68 bits per heavy atom. The van der Waals surface area contributed by atoms with E-state index < -0.39 is 4.92 Å². The monoisotopic (exact) mass is 267 g/mol. The molecule has 1 fully saturated rings. The van der Waals surface area contributed by atoms with Crippen LogP contribution in [-0.2, 0) is 4.74 Å². The largest absolute Gasteiger partial charge is 0.396 e. The van der Waals surface area contributed by atoms with Gasteiger partial charge in [0.1, 0.15) is 0 Å². The van der Waals surface area contributed by atoms with Gasteiger partial charge in [-0.1, -0.05) is 0 Å². The lowest BCUT2D eigenvalue weighted by Gasteiger charge is -2.35. The molecule has 104 valence electrons. The number of rotatable bonds is 4. The van der Waals surface area contributed by atoms with E-state index in [-0.39, 0.29) is 18.3 Å². The SMILES string of the molecule is Cc1cnc(N2CCOCC2CCO)c([N+](=O)[O-])c1. The normalized spacial score (nSPS) is 19.5. The summed E-state index contributed by atoms with van der Waals surface area (Å²) in [5, 5.41) is 20.2. The van der Waals surface area contributed by atoms with Crippen LogP contribution in [0, 0.1) is 17.0 Å². The molecule has 0 saturated carbocycles. The first kappa shape index (κ1) is 13.7. The first-order chi connectivity index (χ1) is 9.13. The molecule has 7 nitrogen and oxygen atoms in total. The smallest absolute Gasteiger partial charge is 0.311 e. The van der Waals surface area contributed by atoms with Crippen LogP contribution < -0.4 is 4.90 Å². The van der Waals surface area contributed by atoms with Gasteiger partial charge in [0.15, 0.2) is 0 Å². The van der Waals surface area contributed by atoms with E-state index in [0.29, 0.717) is 32.0 Å². The van der Waals surface area contributed by atoms with Gasteiger partial charge in [0.25, 0.3) is 0 Å². The van der Waals surface area contributed by atoms with E-state index >= 15 is 0 Å². The quantitative estimate of drug-likeness (QED) is 0.643. The number of anilines is 1. The maximum absolute atomic E-state index is 11.1. The molecular formula is C12H17N3O4. The standard InChI is InChI=1S/C12H17N3O4/c1-9-6-11(15(17)18)12(13-7-9)14-3-5-19-8-10(14)2-4-16/h6-7,10,16H,2-5,8H2,1H3. The second-order valence-electron chi connectivity index (χ2n) is 4.55. The summed E-state index contributed by atoms with van der Waals surface area (Å²) in [6.45, 7) is 3.29.